The van der Waals surface area contributed by atoms with Gasteiger partial charge in [-0.1, -0.05) is 32.0 Å². The second-order valence-electron chi connectivity index (χ2n) is 7.36. The average molecular weight is 341 g/mol. The van der Waals surface area contributed by atoms with Crippen LogP contribution in [0.5, 0.6) is 0 Å². The molecule has 0 bridgehead atoms. The molecule has 0 atom stereocenters. The summed E-state index contributed by atoms with van der Waals surface area (Å²) in [6.07, 6.45) is 4.60. The highest BCUT2D eigenvalue weighted by molar-refractivity contribution is 5.89. The number of carbonyl (C=O) groups is 2. The van der Waals surface area contributed by atoms with E-state index in [1.165, 1.54) is 0 Å². The van der Waals surface area contributed by atoms with E-state index in [1.54, 1.807) is 0 Å². The third-order valence-electron chi connectivity index (χ3n) is 4.82. The van der Waals surface area contributed by atoms with Gasteiger partial charge in [0.25, 0.3) is 0 Å². The van der Waals surface area contributed by atoms with Crippen molar-refractivity contribution in [2.45, 2.75) is 45.6 Å². The lowest BCUT2D eigenvalue weighted by molar-refractivity contribution is -0.131. The van der Waals surface area contributed by atoms with Crippen molar-refractivity contribution in [2.75, 3.05) is 13.1 Å². The van der Waals surface area contributed by atoms with Crippen LogP contribution in [0.15, 0.2) is 30.5 Å². The molecular formula is C20H27N3O2. The number of carbonyl (C=O) groups excluding carboxylic acids is 2. The molecule has 0 spiro atoms. The predicted octanol–water partition coefficient (Wildman–Crippen LogP) is 2.86. The minimum absolute atomic E-state index is 0.124. The second kappa shape index (κ2) is 7.72. The number of piperidine rings is 1. The first kappa shape index (κ1) is 17.5. The molecule has 1 aromatic carbocycles. The Morgan fingerprint density at radius 1 is 1.24 bits per heavy atom. The van der Waals surface area contributed by atoms with Gasteiger partial charge in [0.1, 0.15) is 0 Å². The van der Waals surface area contributed by atoms with Crippen LogP contribution < -0.4 is 5.32 Å². The van der Waals surface area contributed by atoms with Crippen molar-refractivity contribution in [1.82, 2.24) is 15.2 Å². The summed E-state index contributed by atoms with van der Waals surface area (Å²) in [6, 6.07) is 8.25. The molecule has 2 heterocycles. The highest BCUT2D eigenvalue weighted by Gasteiger charge is 2.24. The lowest BCUT2D eigenvalue weighted by atomic mass is 10.0. The number of amides is 2. The van der Waals surface area contributed by atoms with Crippen LogP contribution in [0.2, 0.25) is 0 Å². The van der Waals surface area contributed by atoms with E-state index in [9.17, 15) is 9.59 Å². The van der Waals surface area contributed by atoms with Gasteiger partial charge in [-0.05, 0) is 30.4 Å². The molecule has 2 amide bonds. The molecule has 2 aromatic rings. The van der Waals surface area contributed by atoms with Crippen LogP contribution in [-0.4, -0.2) is 40.8 Å². The number of fused-ring (bicyclic) bond motifs is 1. The Hall–Kier alpha value is -2.30. The van der Waals surface area contributed by atoms with Crippen molar-refractivity contribution >= 4 is 22.7 Å². The van der Waals surface area contributed by atoms with Crippen LogP contribution in [0.3, 0.4) is 0 Å². The predicted molar refractivity (Wildman–Crippen MR) is 99.2 cm³/mol. The van der Waals surface area contributed by atoms with E-state index in [4.69, 9.17) is 0 Å². The number of hydrogen-bond donors (Lipinski definition) is 2. The van der Waals surface area contributed by atoms with E-state index in [1.807, 2.05) is 49.2 Å². The molecule has 0 saturated carbocycles. The summed E-state index contributed by atoms with van der Waals surface area (Å²) in [4.78, 5) is 29.6. The summed E-state index contributed by atoms with van der Waals surface area (Å²) in [7, 11) is 0. The number of hydrogen-bond acceptors (Lipinski definition) is 2. The molecule has 1 saturated heterocycles. The third-order valence-corrected chi connectivity index (χ3v) is 4.82. The average Bonchev–Trinajstić information content (AvgIpc) is 2.98. The zero-order valence-corrected chi connectivity index (χ0v) is 15.0. The second-order valence-corrected chi connectivity index (χ2v) is 7.36. The Balaban J connectivity index is 1.51. The van der Waals surface area contributed by atoms with Crippen LogP contribution in [0.1, 0.15) is 38.7 Å². The van der Waals surface area contributed by atoms with E-state index >= 15 is 0 Å². The van der Waals surface area contributed by atoms with Crippen LogP contribution in [0.25, 0.3) is 10.9 Å². The standard InChI is InChI=1S/C20H27N3O2/c1-14(2)11-19(24)22-16-7-9-23(10-8-16)20(25)12-15-13-21-18-6-4-3-5-17(15)18/h3-6,13-14,16,21H,7-12H2,1-2H3,(H,22,24). The van der Waals surface area contributed by atoms with Crippen molar-refractivity contribution in [1.29, 1.82) is 0 Å². The highest BCUT2D eigenvalue weighted by Crippen LogP contribution is 2.20. The molecule has 3 rings (SSSR count). The van der Waals surface area contributed by atoms with Gasteiger partial charge in [0, 0.05) is 42.7 Å². The molecule has 1 aliphatic rings. The molecule has 0 radical (unpaired) electrons. The van der Waals surface area contributed by atoms with Gasteiger partial charge in [0.2, 0.25) is 11.8 Å². The van der Waals surface area contributed by atoms with E-state index < -0.39 is 0 Å². The quantitative estimate of drug-likeness (QED) is 0.878. The maximum atomic E-state index is 12.6. The summed E-state index contributed by atoms with van der Waals surface area (Å²) in [6.45, 7) is 5.53. The van der Waals surface area contributed by atoms with Gasteiger partial charge in [-0.3, -0.25) is 9.59 Å². The van der Waals surface area contributed by atoms with Crippen LogP contribution >= 0.6 is 0 Å². The zero-order valence-electron chi connectivity index (χ0n) is 15.0. The number of rotatable bonds is 5. The summed E-state index contributed by atoms with van der Waals surface area (Å²) >= 11 is 0. The monoisotopic (exact) mass is 341 g/mol. The number of benzene rings is 1. The van der Waals surface area contributed by atoms with Crippen molar-refractivity contribution in [3.8, 4) is 0 Å². The number of nitrogens with zero attached hydrogens (tertiary/aromatic N) is 1. The molecule has 25 heavy (non-hydrogen) atoms. The van der Waals surface area contributed by atoms with Gasteiger partial charge in [-0.25, -0.2) is 0 Å². The molecule has 5 heteroatoms. The van der Waals surface area contributed by atoms with Gasteiger partial charge in [-0.2, -0.15) is 0 Å². The molecular weight excluding hydrogens is 314 g/mol. The van der Waals surface area contributed by atoms with E-state index in [0.29, 0.717) is 31.8 Å². The summed E-state index contributed by atoms with van der Waals surface area (Å²) in [5.74, 6) is 0.660. The molecule has 2 N–H and O–H groups in total. The first-order valence-electron chi connectivity index (χ1n) is 9.15. The minimum atomic E-state index is 0.124. The first-order chi connectivity index (χ1) is 12.0. The summed E-state index contributed by atoms with van der Waals surface area (Å²) < 4.78 is 0. The van der Waals surface area contributed by atoms with Gasteiger partial charge in [0.05, 0.1) is 6.42 Å². The van der Waals surface area contributed by atoms with E-state index in [-0.39, 0.29) is 17.9 Å². The fourth-order valence-corrected chi connectivity index (χ4v) is 3.48. The maximum Gasteiger partial charge on any atom is 0.227 e. The Morgan fingerprint density at radius 2 is 1.96 bits per heavy atom. The van der Waals surface area contributed by atoms with Crippen molar-refractivity contribution in [3.05, 3.63) is 36.0 Å². The minimum Gasteiger partial charge on any atom is -0.361 e. The number of H-pyrrole nitrogens is 1. The van der Waals surface area contributed by atoms with Gasteiger partial charge in [-0.15, -0.1) is 0 Å². The molecule has 1 aromatic heterocycles. The molecule has 134 valence electrons. The Labute approximate surface area is 148 Å². The zero-order chi connectivity index (χ0) is 17.8. The van der Waals surface area contributed by atoms with Crippen molar-refractivity contribution < 1.29 is 9.59 Å². The SMILES string of the molecule is CC(C)CC(=O)NC1CCN(C(=O)Cc2c[nH]c3ccccc23)CC1. The van der Waals surface area contributed by atoms with E-state index in [0.717, 1.165) is 29.3 Å². The van der Waals surface area contributed by atoms with Crippen LogP contribution in [0.4, 0.5) is 0 Å². The van der Waals surface area contributed by atoms with Gasteiger partial charge >= 0.3 is 0 Å². The highest BCUT2D eigenvalue weighted by atomic mass is 16.2. The molecule has 0 aliphatic carbocycles. The van der Waals surface area contributed by atoms with Gasteiger partial charge in [0.15, 0.2) is 0 Å². The number of aromatic nitrogens is 1. The Morgan fingerprint density at radius 3 is 2.68 bits per heavy atom. The third kappa shape index (κ3) is 4.41. The van der Waals surface area contributed by atoms with Crippen molar-refractivity contribution in [3.63, 3.8) is 0 Å². The smallest absolute Gasteiger partial charge is 0.227 e. The first-order valence-corrected chi connectivity index (χ1v) is 9.15. The number of likely N-dealkylation sites (tertiary alicyclic amines) is 1. The van der Waals surface area contributed by atoms with E-state index in [2.05, 4.69) is 10.3 Å². The number of para-hydroxylation sites is 1. The van der Waals surface area contributed by atoms with Crippen molar-refractivity contribution in [2.24, 2.45) is 5.92 Å². The lowest BCUT2D eigenvalue weighted by Gasteiger charge is -2.32. The normalized spacial score (nSPS) is 15.7. The molecule has 1 aliphatic heterocycles. The fourth-order valence-electron chi connectivity index (χ4n) is 3.48. The Bertz CT molecular complexity index is 742. The lowest BCUT2D eigenvalue weighted by Crippen LogP contribution is -2.47. The molecule has 5 nitrogen and oxygen atoms in total. The Kier molecular flexibility index (Phi) is 5.41. The number of aromatic amines is 1. The number of nitrogens with one attached hydrogen (secondary N) is 2. The summed E-state index contributed by atoms with van der Waals surface area (Å²) in [5.41, 5.74) is 2.12. The topological polar surface area (TPSA) is 65.2 Å². The summed E-state index contributed by atoms with van der Waals surface area (Å²) in [5, 5.41) is 4.21. The maximum absolute atomic E-state index is 12.6. The van der Waals surface area contributed by atoms with Gasteiger partial charge < -0.3 is 15.2 Å². The van der Waals surface area contributed by atoms with Crippen LogP contribution in [-0.2, 0) is 16.0 Å². The largest absolute Gasteiger partial charge is 0.361 e. The van der Waals surface area contributed by atoms with Crippen LogP contribution in [0, 0.1) is 5.92 Å². The molecule has 1 fully saturated rings. The fraction of sp³-hybridized carbons (Fsp3) is 0.500. The molecule has 0 unspecified atom stereocenters.